The summed E-state index contributed by atoms with van der Waals surface area (Å²) in [5.41, 5.74) is 3.08. The highest BCUT2D eigenvalue weighted by molar-refractivity contribution is 6.08. The van der Waals surface area contributed by atoms with E-state index in [4.69, 9.17) is 9.47 Å². The molecule has 1 amide bonds. The lowest BCUT2D eigenvalue weighted by molar-refractivity contribution is 0.0148. The minimum atomic E-state index is 0.0581. The normalized spacial score (nSPS) is 28.4. The van der Waals surface area contributed by atoms with Gasteiger partial charge in [0.1, 0.15) is 0 Å². The highest BCUT2D eigenvalue weighted by atomic mass is 16.5. The van der Waals surface area contributed by atoms with Gasteiger partial charge in [-0.15, -0.1) is 0 Å². The Morgan fingerprint density at radius 2 is 1.92 bits per heavy atom. The number of carbonyl (C=O) groups is 1. The van der Waals surface area contributed by atoms with E-state index in [1.54, 1.807) is 0 Å². The van der Waals surface area contributed by atoms with Gasteiger partial charge in [-0.2, -0.15) is 0 Å². The van der Waals surface area contributed by atoms with E-state index in [1.807, 2.05) is 12.1 Å². The Labute approximate surface area is 152 Å². The highest BCUT2D eigenvalue weighted by Crippen LogP contribution is 2.29. The average Bonchev–Trinajstić information content (AvgIpc) is 2.77. The molecule has 1 aromatic carbocycles. The first kappa shape index (κ1) is 16.3. The fourth-order valence-electron chi connectivity index (χ4n) is 4.76. The van der Waals surface area contributed by atoms with E-state index < -0.39 is 0 Å². The number of fused-ring (bicyclic) bond motifs is 5. The highest BCUT2D eigenvalue weighted by Gasteiger charge is 2.33. The van der Waals surface area contributed by atoms with Crippen LogP contribution in [0.3, 0.4) is 0 Å². The molecule has 138 valence electrons. The fraction of sp³-hybridized carbons (Fsp3) is 0.550. The number of piperidine rings is 1. The number of benzene rings is 1. The van der Waals surface area contributed by atoms with Crippen molar-refractivity contribution in [3.8, 4) is 0 Å². The summed E-state index contributed by atoms with van der Waals surface area (Å²) in [6.45, 7) is 3.66. The minimum Gasteiger partial charge on any atom is -0.379 e. The van der Waals surface area contributed by atoms with Gasteiger partial charge in [0.25, 0.3) is 5.91 Å². The Morgan fingerprint density at radius 3 is 2.77 bits per heavy atom. The number of nitrogens with one attached hydrogen (secondary N) is 2. The third-order valence-corrected chi connectivity index (χ3v) is 5.83. The van der Waals surface area contributed by atoms with E-state index in [-0.39, 0.29) is 11.9 Å². The van der Waals surface area contributed by atoms with Crippen LogP contribution < -0.4 is 10.6 Å². The Kier molecular flexibility index (Phi) is 4.19. The van der Waals surface area contributed by atoms with E-state index in [1.165, 1.54) is 0 Å². The third-order valence-electron chi connectivity index (χ3n) is 5.83. The molecule has 3 aliphatic rings. The van der Waals surface area contributed by atoms with Gasteiger partial charge in [-0.3, -0.25) is 4.79 Å². The van der Waals surface area contributed by atoms with Crippen LogP contribution in [0, 0.1) is 0 Å². The maximum Gasteiger partial charge on any atom is 0.253 e. The molecule has 26 heavy (non-hydrogen) atoms. The summed E-state index contributed by atoms with van der Waals surface area (Å²) in [4.78, 5) is 13.3. The van der Waals surface area contributed by atoms with E-state index in [0.29, 0.717) is 25.3 Å². The van der Waals surface area contributed by atoms with Crippen molar-refractivity contribution in [3.63, 3.8) is 0 Å². The molecular weight excluding hydrogens is 330 g/mol. The molecule has 0 saturated carbocycles. The molecule has 5 rings (SSSR count). The largest absolute Gasteiger partial charge is 0.379 e. The lowest BCUT2D eigenvalue weighted by Crippen LogP contribution is -2.58. The predicted molar refractivity (Wildman–Crippen MR) is 98.5 cm³/mol. The van der Waals surface area contributed by atoms with E-state index in [2.05, 4.69) is 27.3 Å². The zero-order chi connectivity index (χ0) is 17.5. The molecule has 2 aromatic rings. The molecule has 2 atom stereocenters. The van der Waals surface area contributed by atoms with Gasteiger partial charge in [-0.05, 0) is 18.9 Å². The molecule has 2 saturated heterocycles. The first-order valence-corrected chi connectivity index (χ1v) is 9.62. The summed E-state index contributed by atoms with van der Waals surface area (Å²) in [6, 6.07) is 9.14. The zero-order valence-corrected chi connectivity index (χ0v) is 14.9. The van der Waals surface area contributed by atoms with Crippen LogP contribution in [0.2, 0.25) is 0 Å². The van der Waals surface area contributed by atoms with Crippen LogP contribution in [0.25, 0.3) is 10.9 Å². The van der Waals surface area contributed by atoms with Gasteiger partial charge in [-0.1, -0.05) is 18.2 Å². The zero-order valence-electron chi connectivity index (χ0n) is 14.9. The number of hydrogen-bond acceptors (Lipinski definition) is 4. The van der Waals surface area contributed by atoms with Crippen LogP contribution in [0.5, 0.6) is 0 Å². The number of carbonyl (C=O) groups excluding carboxylic acids is 1. The van der Waals surface area contributed by atoms with Crippen molar-refractivity contribution in [1.82, 2.24) is 15.2 Å². The van der Waals surface area contributed by atoms with E-state index in [0.717, 1.165) is 61.2 Å². The fourth-order valence-corrected chi connectivity index (χ4v) is 4.76. The summed E-state index contributed by atoms with van der Waals surface area (Å²) in [5, 5.41) is 7.96. The molecule has 6 heteroatoms. The molecule has 2 fully saturated rings. The molecule has 0 radical (unpaired) electrons. The quantitative estimate of drug-likeness (QED) is 0.856. The number of para-hydroxylation sites is 1. The number of morpholine rings is 1. The van der Waals surface area contributed by atoms with E-state index in [9.17, 15) is 4.79 Å². The van der Waals surface area contributed by atoms with Crippen LogP contribution >= 0.6 is 0 Å². The van der Waals surface area contributed by atoms with Gasteiger partial charge in [0.15, 0.2) is 0 Å². The van der Waals surface area contributed by atoms with Crippen molar-refractivity contribution < 1.29 is 14.3 Å². The van der Waals surface area contributed by atoms with Crippen LogP contribution in [-0.2, 0) is 22.4 Å². The molecule has 1 aromatic heterocycles. The molecule has 0 spiro atoms. The molecule has 2 N–H and O–H groups in total. The number of aromatic nitrogens is 1. The number of nitrogens with zero attached hydrogens (tertiary/aromatic N) is 1. The number of rotatable bonds is 2. The standard InChI is InChI=1S/C20H25N3O3/c24-20(22-13-9-14-11-26-12-15(10-13)21-14)19-16-3-1-2-4-17(16)23-6-8-25-7-5-18(19)23/h1-4,13-15,21H,5-12H2,(H,22,24). The second-order valence-corrected chi connectivity index (χ2v) is 7.59. The van der Waals surface area contributed by atoms with Gasteiger partial charge in [0.05, 0.1) is 32.0 Å². The van der Waals surface area contributed by atoms with Crippen LogP contribution in [0.4, 0.5) is 0 Å². The maximum absolute atomic E-state index is 13.3. The molecule has 2 unspecified atom stereocenters. The molecule has 4 heterocycles. The van der Waals surface area contributed by atoms with Gasteiger partial charge >= 0.3 is 0 Å². The Bertz CT molecular complexity index is 819. The summed E-state index contributed by atoms with van der Waals surface area (Å²) < 4.78 is 13.5. The van der Waals surface area contributed by atoms with Crippen LogP contribution in [-0.4, -0.2) is 55.0 Å². The van der Waals surface area contributed by atoms with Gasteiger partial charge < -0.3 is 24.7 Å². The molecule has 6 nitrogen and oxygen atoms in total. The Balaban J connectivity index is 1.46. The second-order valence-electron chi connectivity index (χ2n) is 7.59. The van der Waals surface area contributed by atoms with Crippen molar-refractivity contribution in [2.24, 2.45) is 0 Å². The second kappa shape index (κ2) is 6.68. The molecule has 3 aliphatic heterocycles. The van der Waals surface area contributed by atoms with Crippen molar-refractivity contribution in [2.45, 2.75) is 43.9 Å². The van der Waals surface area contributed by atoms with Crippen molar-refractivity contribution in [3.05, 3.63) is 35.5 Å². The van der Waals surface area contributed by atoms with Crippen molar-refractivity contribution in [2.75, 3.05) is 26.4 Å². The van der Waals surface area contributed by atoms with Crippen LogP contribution in [0.15, 0.2) is 24.3 Å². The Morgan fingerprint density at radius 1 is 1.12 bits per heavy atom. The molecular formula is C20H25N3O3. The Hall–Kier alpha value is -1.89. The SMILES string of the molecule is O=C(NC1CC2COCC(C1)N2)c1c2n(c3ccccc13)CCOCC2. The van der Waals surface area contributed by atoms with Gasteiger partial charge in [0.2, 0.25) is 0 Å². The van der Waals surface area contributed by atoms with E-state index >= 15 is 0 Å². The number of ether oxygens (including phenoxy) is 2. The van der Waals surface area contributed by atoms with Gasteiger partial charge in [0, 0.05) is 47.7 Å². The monoisotopic (exact) mass is 355 g/mol. The average molecular weight is 355 g/mol. The van der Waals surface area contributed by atoms with Crippen molar-refractivity contribution in [1.29, 1.82) is 0 Å². The maximum atomic E-state index is 13.3. The third kappa shape index (κ3) is 2.82. The number of hydrogen-bond donors (Lipinski definition) is 2. The summed E-state index contributed by atoms with van der Waals surface area (Å²) in [7, 11) is 0. The molecule has 2 bridgehead atoms. The van der Waals surface area contributed by atoms with Crippen molar-refractivity contribution >= 4 is 16.8 Å². The first-order valence-electron chi connectivity index (χ1n) is 9.62. The predicted octanol–water partition coefficient (Wildman–Crippen LogP) is 1.46. The topological polar surface area (TPSA) is 64.5 Å². The molecule has 0 aliphatic carbocycles. The lowest BCUT2D eigenvalue weighted by atomic mass is 9.92. The first-order chi connectivity index (χ1) is 12.8. The summed E-state index contributed by atoms with van der Waals surface area (Å²) in [6.07, 6.45) is 2.64. The number of amides is 1. The summed E-state index contributed by atoms with van der Waals surface area (Å²) >= 11 is 0. The van der Waals surface area contributed by atoms with Crippen LogP contribution in [0.1, 0.15) is 28.9 Å². The summed E-state index contributed by atoms with van der Waals surface area (Å²) in [5.74, 6) is 0.0581. The smallest absolute Gasteiger partial charge is 0.253 e. The lowest BCUT2D eigenvalue weighted by Gasteiger charge is -2.40. The minimum absolute atomic E-state index is 0.0581. The van der Waals surface area contributed by atoms with Gasteiger partial charge in [-0.25, -0.2) is 0 Å².